The van der Waals surface area contributed by atoms with E-state index >= 15 is 0 Å². The fourth-order valence-electron chi connectivity index (χ4n) is 2.91. The second kappa shape index (κ2) is 9.09. The van der Waals surface area contributed by atoms with Gasteiger partial charge in [0.25, 0.3) is 0 Å². The zero-order valence-electron chi connectivity index (χ0n) is 16.4. The number of hydrogen-bond acceptors (Lipinski definition) is 6. The molecule has 156 valence electrons. The third kappa shape index (κ3) is 4.90. The molecule has 0 saturated carbocycles. The van der Waals surface area contributed by atoms with Crippen LogP contribution in [0, 0.1) is 0 Å². The molecule has 0 aliphatic rings. The van der Waals surface area contributed by atoms with Crippen LogP contribution < -0.4 is 11.5 Å². The summed E-state index contributed by atoms with van der Waals surface area (Å²) in [5, 5.41) is 0. The third-order valence-electron chi connectivity index (χ3n) is 4.56. The lowest BCUT2D eigenvalue weighted by molar-refractivity contribution is 0.596. The van der Waals surface area contributed by atoms with E-state index in [-0.39, 0.29) is 9.79 Å². The van der Waals surface area contributed by atoms with Crippen molar-refractivity contribution >= 4 is 44.7 Å². The molecule has 4 rings (SSSR count). The summed E-state index contributed by atoms with van der Waals surface area (Å²) in [5.41, 5.74) is 13.4. The largest absolute Gasteiger partial charge is 0.398 e. The van der Waals surface area contributed by atoms with Crippen molar-refractivity contribution in [1.82, 2.24) is 0 Å². The highest BCUT2D eigenvalue weighted by Crippen LogP contribution is 2.34. The summed E-state index contributed by atoms with van der Waals surface area (Å²) < 4.78 is 26.1. The fraction of sp³-hybridized carbons (Fsp3) is 0. The average Bonchev–Trinajstić information content (AvgIpc) is 2.78. The Morgan fingerprint density at radius 1 is 0.516 bits per heavy atom. The Morgan fingerprint density at radius 3 is 1.23 bits per heavy atom. The number of hydrogen-bond donors (Lipinski definition) is 2. The van der Waals surface area contributed by atoms with E-state index in [4.69, 9.17) is 11.5 Å². The monoisotopic (exact) mass is 464 g/mol. The Bertz CT molecular complexity index is 1210. The zero-order chi connectivity index (χ0) is 21.8. The van der Waals surface area contributed by atoms with Gasteiger partial charge in [-0.2, -0.15) is 0 Å². The van der Waals surface area contributed by atoms with Gasteiger partial charge >= 0.3 is 0 Å². The maximum atomic E-state index is 13.0. The second-order valence-electron chi connectivity index (χ2n) is 6.73. The minimum atomic E-state index is -3.60. The minimum absolute atomic E-state index is 0.255. The minimum Gasteiger partial charge on any atom is -0.398 e. The molecule has 0 spiro atoms. The standard InChI is InChI=1S/C24H20N2O2S3/c25-21-5-1-3-7-23(21)29-17-9-13-19(14-10-17)31(27,28)20-15-11-18(12-16-20)30-24-8-4-2-6-22(24)26/h1-16H,25-26H2. The summed E-state index contributed by atoms with van der Waals surface area (Å²) in [6, 6.07) is 28.9. The van der Waals surface area contributed by atoms with E-state index in [1.54, 1.807) is 48.5 Å². The Labute approximate surface area is 190 Å². The van der Waals surface area contributed by atoms with Crippen molar-refractivity contribution in [1.29, 1.82) is 0 Å². The molecule has 4 aromatic rings. The molecule has 0 amide bonds. The Balaban J connectivity index is 1.51. The maximum Gasteiger partial charge on any atom is 0.206 e. The van der Waals surface area contributed by atoms with Crippen LogP contribution in [0.4, 0.5) is 11.4 Å². The van der Waals surface area contributed by atoms with E-state index < -0.39 is 9.84 Å². The second-order valence-corrected chi connectivity index (χ2v) is 10.9. The van der Waals surface area contributed by atoms with Crippen LogP contribution >= 0.6 is 23.5 Å². The molecule has 0 heterocycles. The number of benzene rings is 4. The number of sulfone groups is 1. The van der Waals surface area contributed by atoms with Gasteiger partial charge in [-0.25, -0.2) is 8.42 Å². The average molecular weight is 465 g/mol. The van der Waals surface area contributed by atoms with Crippen LogP contribution in [0.1, 0.15) is 0 Å². The lowest BCUT2D eigenvalue weighted by Crippen LogP contribution is -2.01. The molecular weight excluding hydrogens is 444 g/mol. The normalized spacial score (nSPS) is 11.4. The van der Waals surface area contributed by atoms with Crippen LogP contribution in [0.25, 0.3) is 0 Å². The van der Waals surface area contributed by atoms with Gasteiger partial charge in [0.2, 0.25) is 9.84 Å². The first kappa shape index (κ1) is 21.4. The SMILES string of the molecule is Nc1ccccc1Sc1ccc(S(=O)(=O)c2ccc(Sc3ccccc3N)cc2)cc1. The Kier molecular flexibility index (Phi) is 6.27. The summed E-state index contributed by atoms with van der Waals surface area (Å²) in [5.74, 6) is 0. The molecule has 0 atom stereocenters. The third-order valence-corrected chi connectivity index (χ3v) is 8.55. The highest BCUT2D eigenvalue weighted by Gasteiger charge is 2.18. The summed E-state index contributed by atoms with van der Waals surface area (Å²) in [6.07, 6.45) is 0. The maximum absolute atomic E-state index is 13.0. The van der Waals surface area contributed by atoms with E-state index in [9.17, 15) is 8.42 Å². The topological polar surface area (TPSA) is 86.2 Å². The van der Waals surface area contributed by atoms with Crippen molar-refractivity contribution < 1.29 is 8.42 Å². The number of rotatable bonds is 6. The first-order valence-corrected chi connectivity index (χ1v) is 12.5. The summed E-state index contributed by atoms with van der Waals surface area (Å²) in [7, 11) is -3.60. The van der Waals surface area contributed by atoms with Crippen molar-refractivity contribution in [3.63, 3.8) is 0 Å². The van der Waals surface area contributed by atoms with Gasteiger partial charge in [0, 0.05) is 31.0 Å². The van der Waals surface area contributed by atoms with E-state index in [1.807, 2.05) is 48.5 Å². The van der Waals surface area contributed by atoms with Gasteiger partial charge in [-0.15, -0.1) is 0 Å². The summed E-state index contributed by atoms with van der Waals surface area (Å²) in [6.45, 7) is 0. The van der Waals surface area contributed by atoms with Gasteiger partial charge in [-0.1, -0.05) is 47.8 Å². The van der Waals surface area contributed by atoms with Gasteiger partial charge in [0.1, 0.15) is 0 Å². The van der Waals surface area contributed by atoms with Gasteiger partial charge < -0.3 is 11.5 Å². The fourth-order valence-corrected chi connectivity index (χ4v) is 5.89. The Hall–Kier alpha value is -2.87. The molecule has 7 heteroatoms. The van der Waals surface area contributed by atoms with Gasteiger partial charge in [0.05, 0.1) is 9.79 Å². The summed E-state index contributed by atoms with van der Waals surface area (Å²) >= 11 is 3.00. The molecule has 0 radical (unpaired) electrons. The van der Waals surface area contributed by atoms with E-state index in [1.165, 1.54) is 23.5 Å². The van der Waals surface area contributed by atoms with Crippen molar-refractivity contribution in [3.05, 3.63) is 97.1 Å². The molecule has 0 aromatic heterocycles. The highest BCUT2D eigenvalue weighted by molar-refractivity contribution is 7.99. The van der Waals surface area contributed by atoms with Crippen molar-refractivity contribution in [2.75, 3.05) is 11.5 Å². The lowest BCUT2D eigenvalue weighted by Gasteiger charge is -2.09. The van der Waals surface area contributed by atoms with E-state index in [2.05, 4.69) is 0 Å². The van der Waals surface area contributed by atoms with Crippen LogP contribution in [0.15, 0.2) is 126 Å². The first-order valence-electron chi connectivity index (χ1n) is 9.43. The number of nitrogens with two attached hydrogens (primary N) is 2. The van der Waals surface area contributed by atoms with Gasteiger partial charge in [-0.05, 0) is 72.8 Å². The van der Waals surface area contributed by atoms with Crippen LogP contribution in [-0.4, -0.2) is 8.42 Å². The first-order chi connectivity index (χ1) is 14.9. The molecule has 4 aromatic carbocycles. The lowest BCUT2D eigenvalue weighted by atomic mass is 10.3. The predicted molar refractivity (Wildman–Crippen MR) is 128 cm³/mol. The quantitative estimate of drug-likeness (QED) is 0.341. The van der Waals surface area contributed by atoms with E-state index in [0.29, 0.717) is 11.4 Å². The van der Waals surface area contributed by atoms with E-state index in [0.717, 1.165) is 19.6 Å². The molecule has 0 unspecified atom stereocenters. The Morgan fingerprint density at radius 2 is 0.871 bits per heavy atom. The number of nitrogen functional groups attached to an aromatic ring is 2. The zero-order valence-corrected chi connectivity index (χ0v) is 18.9. The number of anilines is 2. The van der Waals surface area contributed by atoms with Crippen LogP contribution in [0.2, 0.25) is 0 Å². The molecule has 0 aliphatic carbocycles. The van der Waals surface area contributed by atoms with Crippen molar-refractivity contribution in [2.24, 2.45) is 0 Å². The molecule has 4 N–H and O–H groups in total. The van der Waals surface area contributed by atoms with Gasteiger partial charge in [-0.3, -0.25) is 0 Å². The molecule has 0 fully saturated rings. The van der Waals surface area contributed by atoms with Crippen molar-refractivity contribution in [3.8, 4) is 0 Å². The molecular formula is C24H20N2O2S3. The molecule has 0 bridgehead atoms. The highest BCUT2D eigenvalue weighted by atomic mass is 32.2. The molecule has 0 aliphatic heterocycles. The molecule has 4 nitrogen and oxygen atoms in total. The van der Waals surface area contributed by atoms with Gasteiger partial charge in [0.15, 0.2) is 0 Å². The smallest absolute Gasteiger partial charge is 0.206 e. The van der Waals surface area contributed by atoms with Crippen LogP contribution in [0.5, 0.6) is 0 Å². The number of para-hydroxylation sites is 2. The molecule has 31 heavy (non-hydrogen) atoms. The summed E-state index contributed by atoms with van der Waals surface area (Å²) in [4.78, 5) is 4.22. The van der Waals surface area contributed by atoms with Crippen LogP contribution in [0.3, 0.4) is 0 Å². The molecule has 0 saturated heterocycles. The van der Waals surface area contributed by atoms with Crippen molar-refractivity contribution in [2.45, 2.75) is 29.4 Å². The predicted octanol–water partition coefficient (Wildman–Crippen LogP) is 5.99. The van der Waals surface area contributed by atoms with Crippen LogP contribution in [-0.2, 0) is 9.84 Å².